The molecule has 4 aliphatic heterocycles. The second-order valence-corrected chi connectivity index (χ2v) is 8.04. The minimum Gasteiger partial charge on any atom is -0.468 e. The Kier molecular flexibility index (Phi) is 3.59. The van der Waals surface area contributed by atoms with Crippen molar-refractivity contribution in [2.24, 2.45) is 22.2 Å². The van der Waals surface area contributed by atoms with Crippen molar-refractivity contribution >= 4 is 22.9 Å². The van der Waals surface area contributed by atoms with Crippen molar-refractivity contribution in [2.75, 3.05) is 26.8 Å². The SMILES string of the molecule is COC(=O)[C@@]12CC3CC(CCO)C1N(CC=C1C2=Nc2ccccc21)C3. The quantitative estimate of drug-likeness (QED) is 0.849. The maximum Gasteiger partial charge on any atom is 0.319 e. The molecule has 5 atom stereocenters. The van der Waals surface area contributed by atoms with Gasteiger partial charge in [-0.05, 0) is 37.2 Å². The predicted molar refractivity (Wildman–Crippen MR) is 99.2 cm³/mol. The van der Waals surface area contributed by atoms with E-state index in [1.807, 2.05) is 18.2 Å². The number of methoxy groups -OCH3 is 1. The maximum atomic E-state index is 13.3. The topological polar surface area (TPSA) is 62.1 Å². The molecule has 1 aromatic carbocycles. The van der Waals surface area contributed by atoms with Gasteiger partial charge in [0.05, 0.1) is 18.5 Å². The number of piperidine rings is 2. The van der Waals surface area contributed by atoms with E-state index in [4.69, 9.17) is 9.73 Å². The van der Waals surface area contributed by atoms with E-state index >= 15 is 0 Å². The summed E-state index contributed by atoms with van der Waals surface area (Å²) in [5.41, 5.74) is 3.34. The molecule has 0 spiro atoms. The molecule has 0 aromatic heterocycles. The normalized spacial score (nSPS) is 36.5. The van der Waals surface area contributed by atoms with Crippen LogP contribution in [0.3, 0.4) is 0 Å². The number of fused-ring (bicyclic) bond motifs is 4. The fraction of sp³-hybridized carbons (Fsp3) is 0.524. The lowest BCUT2D eigenvalue weighted by Gasteiger charge is -2.58. The van der Waals surface area contributed by atoms with Crippen molar-refractivity contribution in [3.63, 3.8) is 0 Å². The molecule has 5 heteroatoms. The van der Waals surface area contributed by atoms with E-state index in [1.165, 1.54) is 7.11 Å². The van der Waals surface area contributed by atoms with Gasteiger partial charge in [-0.3, -0.25) is 14.7 Å². The Bertz CT molecular complexity index is 830. The van der Waals surface area contributed by atoms with Crippen LogP contribution < -0.4 is 0 Å². The number of ether oxygens (including phenoxy) is 1. The van der Waals surface area contributed by atoms with Crippen molar-refractivity contribution in [1.82, 2.24) is 4.90 Å². The molecule has 2 saturated heterocycles. The summed E-state index contributed by atoms with van der Waals surface area (Å²) in [5.74, 6) is 0.569. The van der Waals surface area contributed by atoms with Gasteiger partial charge in [0.25, 0.3) is 0 Å². The van der Waals surface area contributed by atoms with Gasteiger partial charge in [-0.2, -0.15) is 0 Å². The van der Waals surface area contributed by atoms with E-state index in [9.17, 15) is 9.90 Å². The summed E-state index contributed by atoms with van der Waals surface area (Å²) in [7, 11) is 1.49. The van der Waals surface area contributed by atoms with Gasteiger partial charge in [-0.15, -0.1) is 0 Å². The van der Waals surface area contributed by atoms with Crippen LogP contribution in [-0.4, -0.2) is 54.5 Å². The third-order valence-electron chi connectivity index (χ3n) is 6.77. The van der Waals surface area contributed by atoms with Crippen molar-refractivity contribution in [1.29, 1.82) is 0 Å². The first-order valence-corrected chi connectivity index (χ1v) is 9.51. The number of carbonyl (C=O) groups excluding carboxylic acids is 1. The average molecular weight is 352 g/mol. The number of nitrogens with zero attached hydrogens (tertiary/aromatic N) is 2. The number of hydrogen-bond donors (Lipinski definition) is 1. The number of carbonyl (C=O) groups is 1. The van der Waals surface area contributed by atoms with Crippen LogP contribution in [0.25, 0.3) is 5.57 Å². The zero-order valence-corrected chi connectivity index (χ0v) is 15.0. The summed E-state index contributed by atoms with van der Waals surface area (Å²) >= 11 is 0. The molecule has 1 saturated carbocycles. The minimum atomic E-state index is -0.725. The zero-order valence-electron chi connectivity index (χ0n) is 15.0. The number of esters is 1. The van der Waals surface area contributed by atoms with E-state index in [0.717, 1.165) is 54.9 Å². The summed E-state index contributed by atoms with van der Waals surface area (Å²) < 4.78 is 5.37. The Hall–Kier alpha value is -1.98. The van der Waals surface area contributed by atoms with Crippen LogP contribution in [0.15, 0.2) is 35.3 Å². The third kappa shape index (κ3) is 1.98. The van der Waals surface area contributed by atoms with E-state index in [0.29, 0.717) is 11.8 Å². The highest BCUT2D eigenvalue weighted by Gasteiger charge is 2.64. The molecule has 0 amide bonds. The van der Waals surface area contributed by atoms with E-state index in [1.54, 1.807) is 0 Å². The van der Waals surface area contributed by atoms with E-state index < -0.39 is 5.41 Å². The number of allylic oxidation sites excluding steroid dienone is 1. The summed E-state index contributed by atoms with van der Waals surface area (Å²) in [6, 6.07) is 8.19. The summed E-state index contributed by atoms with van der Waals surface area (Å²) in [5, 5.41) is 9.61. The van der Waals surface area contributed by atoms with Gasteiger partial charge in [0, 0.05) is 36.9 Å². The molecule has 4 unspecified atom stereocenters. The molecule has 3 fully saturated rings. The van der Waals surface area contributed by atoms with E-state index in [-0.39, 0.29) is 18.6 Å². The summed E-state index contributed by atoms with van der Waals surface area (Å²) in [6.45, 7) is 2.00. The minimum absolute atomic E-state index is 0.0499. The maximum absolute atomic E-state index is 13.3. The van der Waals surface area contributed by atoms with Gasteiger partial charge in [0.1, 0.15) is 5.41 Å². The summed E-state index contributed by atoms with van der Waals surface area (Å²) in [4.78, 5) is 20.7. The highest BCUT2D eigenvalue weighted by atomic mass is 16.5. The van der Waals surface area contributed by atoms with E-state index in [2.05, 4.69) is 17.0 Å². The number of benzene rings is 1. The number of para-hydroxylation sites is 1. The molecule has 5 nitrogen and oxygen atoms in total. The predicted octanol–water partition coefficient (Wildman–Crippen LogP) is 2.42. The molecule has 26 heavy (non-hydrogen) atoms. The second-order valence-electron chi connectivity index (χ2n) is 8.04. The molecule has 136 valence electrons. The Morgan fingerprint density at radius 1 is 1.42 bits per heavy atom. The number of aliphatic hydroxyl groups excluding tert-OH is 1. The van der Waals surface area contributed by atoms with Gasteiger partial charge in [-0.25, -0.2) is 0 Å². The van der Waals surface area contributed by atoms with Gasteiger partial charge in [0.2, 0.25) is 0 Å². The number of hydrogen-bond acceptors (Lipinski definition) is 5. The number of aliphatic imine (C=N–C) groups is 1. The van der Waals surface area contributed by atoms with Crippen LogP contribution in [0, 0.1) is 17.3 Å². The van der Waals surface area contributed by atoms with Crippen molar-refractivity contribution in [2.45, 2.75) is 25.3 Å². The first-order chi connectivity index (χ1) is 12.7. The van der Waals surface area contributed by atoms with Crippen LogP contribution in [0.2, 0.25) is 0 Å². The molecule has 1 aromatic rings. The monoisotopic (exact) mass is 352 g/mol. The highest BCUT2D eigenvalue weighted by Crippen LogP contribution is 2.57. The van der Waals surface area contributed by atoms with Gasteiger partial charge >= 0.3 is 5.97 Å². The molecule has 0 radical (unpaired) electrons. The summed E-state index contributed by atoms with van der Waals surface area (Å²) in [6.07, 6.45) is 4.85. The highest BCUT2D eigenvalue weighted by molar-refractivity contribution is 6.36. The fourth-order valence-electron chi connectivity index (χ4n) is 6.02. The van der Waals surface area contributed by atoms with Crippen LogP contribution in [-0.2, 0) is 9.53 Å². The number of aliphatic hydroxyl groups is 1. The molecule has 1 aliphatic carbocycles. The Balaban J connectivity index is 1.72. The van der Waals surface area contributed by atoms with Crippen LogP contribution in [0.4, 0.5) is 5.69 Å². The Morgan fingerprint density at radius 2 is 2.27 bits per heavy atom. The Morgan fingerprint density at radius 3 is 3.08 bits per heavy atom. The van der Waals surface area contributed by atoms with Crippen molar-refractivity contribution < 1.29 is 14.6 Å². The van der Waals surface area contributed by atoms with Crippen LogP contribution in [0.5, 0.6) is 0 Å². The molecule has 4 bridgehead atoms. The van der Waals surface area contributed by atoms with Crippen LogP contribution >= 0.6 is 0 Å². The second kappa shape index (κ2) is 5.76. The van der Waals surface area contributed by atoms with Crippen molar-refractivity contribution in [3.05, 3.63) is 35.9 Å². The van der Waals surface area contributed by atoms with Gasteiger partial charge in [-0.1, -0.05) is 24.3 Å². The standard InChI is InChI=1S/C21H24N2O3/c1-26-20(25)21-11-13-10-14(7-9-24)19(21)23(12-13)8-6-16-15-4-2-3-5-17(15)22-18(16)21/h2-6,13-14,19,24H,7-12H2,1H3/t13?,14?,19?,21-/m1/s1. The van der Waals surface area contributed by atoms with Gasteiger partial charge < -0.3 is 9.84 Å². The average Bonchev–Trinajstić information content (AvgIpc) is 3.00. The zero-order chi connectivity index (χ0) is 17.9. The molecule has 1 N–H and O–H groups in total. The lowest BCUT2D eigenvalue weighted by Crippen LogP contribution is -2.67. The lowest BCUT2D eigenvalue weighted by molar-refractivity contribution is -0.164. The third-order valence-corrected chi connectivity index (χ3v) is 6.77. The van der Waals surface area contributed by atoms with Crippen molar-refractivity contribution in [3.8, 4) is 0 Å². The molecule has 6 rings (SSSR count). The lowest BCUT2D eigenvalue weighted by atomic mass is 9.55. The largest absolute Gasteiger partial charge is 0.468 e. The van der Waals surface area contributed by atoms with Crippen LogP contribution in [0.1, 0.15) is 24.8 Å². The Labute approximate surface area is 153 Å². The smallest absolute Gasteiger partial charge is 0.319 e. The number of rotatable bonds is 3. The molecule has 5 aliphatic rings. The molecule has 4 heterocycles. The first kappa shape index (κ1) is 16.2. The molecular weight excluding hydrogens is 328 g/mol. The fourth-order valence-corrected chi connectivity index (χ4v) is 6.02. The molecular formula is C21H24N2O3. The first-order valence-electron chi connectivity index (χ1n) is 9.51. The van der Waals surface area contributed by atoms with Gasteiger partial charge in [0.15, 0.2) is 0 Å².